The van der Waals surface area contributed by atoms with Crippen LogP contribution < -0.4 is 4.74 Å². The molecule has 1 unspecified atom stereocenters. The molecule has 0 aliphatic heterocycles. The van der Waals surface area contributed by atoms with Crippen LogP contribution in [0.4, 0.5) is 13.2 Å². The minimum absolute atomic E-state index is 0.0206. The summed E-state index contributed by atoms with van der Waals surface area (Å²) >= 11 is 4.62. The van der Waals surface area contributed by atoms with Gasteiger partial charge in [-0.15, -0.1) is 0 Å². The van der Waals surface area contributed by atoms with E-state index in [0.717, 1.165) is 24.3 Å². The third-order valence-corrected chi connectivity index (χ3v) is 2.35. The second-order valence-corrected chi connectivity index (χ2v) is 3.99. The Morgan fingerprint density at radius 3 is 2.30 bits per heavy atom. The van der Waals surface area contributed by atoms with Crippen LogP contribution in [0.2, 0.25) is 0 Å². The molecule has 0 heterocycles. The van der Waals surface area contributed by atoms with E-state index in [1.165, 1.54) is 6.92 Å². The Morgan fingerprint density at radius 2 is 1.85 bits per heavy atom. The van der Waals surface area contributed by atoms with E-state index in [1.807, 2.05) is 0 Å². The molecule has 0 aliphatic carbocycles. The summed E-state index contributed by atoms with van der Waals surface area (Å²) in [5.74, 6) is -2.03. The average molecular weight is 311 g/mol. The van der Waals surface area contributed by atoms with Gasteiger partial charge in [-0.25, -0.2) is 9.18 Å². The molecule has 20 heavy (non-hydrogen) atoms. The second-order valence-electron chi connectivity index (χ2n) is 3.60. The lowest BCUT2D eigenvalue weighted by Gasteiger charge is -2.17. The molecule has 8 heteroatoms. The van der Waals surface area contributed by atoms with Crippen molar-refractivity contribution < 1.29 is 32.2 Å². The van der Waals surface area contributed by atoms with Crippen molar-refractivity contribution in [2.24, 2.45) is 0 Å². The number of benzene rings is 1. The van der Waals surface area contributed by atoms with Crippen molar-refractivity contribution in [2.75, 3.05) is 0 Å². The lowest BCUT2D eigenvalue weighted by atomic mass is 10.2. The van der Waals surface area contributed by atoms with E-state index in [1.54, 1.807) is 0 Å². The van der Waals surface area contributed by atoms with Crippen molar-refractivity contribution in [1.29, 1.82) is 0 Å². The molecular formula is C12H10ClF3O4. The Morgan fingerprint density at radius 1 is 1.30 bits per heavy atom. The Bertz CT molecular complexity index is 488. The van der Waals surface area contributed by atoms with Crippen LogP contribution in [0, 0.1) is 0 Å². The third kappa shape index (κ3) is 4.41. The maximum Gasteiger partial charge on any atom is 0.444 e. The van der Waals surface area contributed by atoms with Crippen LogP contribution in [-0.4, -0.2) is 23.7 Å². The summed E-state index contributed by atoms with van der Waals surface area (Å²) in [4.78, 5) is 22.3. The van der Waals surface area contributed by atoms with Gasteiger partial charge in [0.15, 0.2) is 0 Å². The summed E-state index contributed by atoms with van der Waals surface area (Å²) in [6, 6.07) is 4.19. The molecule has 1 aromatic rings. The molecule has 0 saturated carbocycles. The number of carbonyl (C=O) groups is 2. The molecule has 0 saturated heterocycles. The van der Waals surface area contributed by atoms with Crippen LogP contribution in [-0.2, 0) is 9.53 Å². The molecule has 4 nitrogen and oxygen atoms in total. The highest BCUT2D eigenvalue weighted by Crippen LogP contribution is 2.28. The number of carbonyl (C=O) groups excluding carboxylic acids is 2. The van der Waals surface area contributed by atoms with Crippen LogP contribution in [0.15, 0.2) is 24.3 Å². The van der Waals surface area contributed by atoms with E-state index in [0.29, 0.717) is 0 Å². The number of hydrogen-bond donors (Lipinski definition) is 0. The Hall–Kier alpha value is -1.76. The fourth-order valence-electron chi connectivity index (χ4n) is 1.10. The zero-order valence-corrected chi connectivity index (χ0v) is 11.0. The van der Waals surface area contributed by atoms with Crippen LogP contribution >= 0.6 is 11.6 Å². The van der Waals surface area contributed by atoms with Gasteiger partial charge in [0.2, 0.25) is 0 Å². The second kappa shape index (κ2) is 6.60. The van der Waals surface area contributed by atoms with Crippen molar-refractivity contribution in [3.8, 4) is 5.75 Å². The Labute approximate surface area is 117 Å². The first-order valence-corrected chi connectivity index (χ1v) is 5.90. The lowest BCUT2D eigenvalue weighted by molar-refractivity contribution is -0.199. The highest BCUT2D eigenvalue weighted by atomic mass is 35.5. The fourth-order valence-corrected chi connectivity index (χ4v) is 1.14. The van der Waals surface area contributed by atoms with E-state index in [4.69, 9.17) is 0 Å². The first-order valence-electron chi connectivity index (χ1n) is 5.46. The summed E-state index contributed by atoms with van der Waals surface area (Å²) in [6.07, 6.45) is -4.17. The van der Waals surface area contributed by atoms with Gasteiger partial charge in [0.25, 0.3) is 5.63 Å². The van der Waals surface area contributed by atoms with Crippen LogP contribution in [0.1, 0.15) is 23.7 Å². The number of esters is 2. The van der Waals surface area contributed by atoms with Crippen molar-refractivity contribution in [2.45, 2.75) is 25.1 Å². The summed E-state index contributed by atoms with van der Waals surface area (Å²) in [5.41, 5.74) is -3.04. The fraction of sp³-hybridized carbons (Fsp3) is 0.333. The number of rotatable bonds is 5. The highest BCUT2D eigenvalue weighted by molar-refractivity contribution is 6.20. The molecule has 0 radical (unpaired) electrons. The molecule has 0 aromatic heterocycles. The van der Waals surface area contributed by atoms with Crippen molar-refractivity contribution in [3.63, 3.8) is 0 Å². The van der Waals surface area contributed by atoms with Gasteiger partial charge in [-0.3, -0.25) is 4.79 Å². The molecule has 0 amide bonds. The summed E-state index contributed by atoms with van der Waals surface area (Å²) in [5, 5.41) is 0. The molecule has 0 spiro atoms. The van der Waals surface area contributed by atoms with Crippen LogP contribution in [0.3, 0.4) is 0 Å². The number of hydrogen-bond acceptors (Lipinski definition) is 4. The largest absolute Gasteiger partial charge is 0.444 e. The molecule has 0 N–H and O–H groups in total. The molecule has 1 atom stereocenters. The van der Waals surface area contributed by atoms with Gasteiger partial charge >= 0.3 is 18.0 Å². The van der Waals surface area contributed by atoms with Gasteiger partial charge in [0.1, 0.15) is 5.75 Å². The standard InChI is InChI=1S/C12H10ClF3O4/c1-2-9(17)19-10(18)7-3-5-8(6-4-7)20-12(15,16)11(13)14/h3-6,11H,2H2,1H3. The summed E-state index contributed by atoms with van der Waals surface area (Å²) < 4.78 is 46.5. The first-order chi connectivity index (χ1) is 9.26. The molecule has 0 bridgehead atoms. The average Bonchev–Trinajstić information content (AvgIpc) is 2.38. The molecule has 1 rings (SSSR count). The summed E-state index contributed by atoms with van der Waals surface area (Å²) in [6.45, 7) is 1.51. The molecule has 1 aromatic carbocycles. The van der Waals surface area contributed by atoms with E-state index in [-0.39, 0.29) is 12.0 Å². The SMILES string of the molecule is CCC(=O)OC(=O)c1ccc(OC(F)(F)C(F)Cl)cc1. The maximum absolute atomic E-state index is 12.8. The number of halogens is 4. The van der Waals surface area contributed by atoms with Gasteiger partial charge in [-0.05, 0) is 24.3 Å². The Balaban J connectivity index is 2.74. The lowest BCUT2D eigenvalue weighted by Crippen LogP contribution is -2.32. The van der Waals surface area contributed by atoms with Gasteiger partial charge in [-0.1, -0.05) is 18.5 Å². The van der Waals surface area contributed by atoms with Gasteiger partial charge in [-0.2, -0.15) is 8.78 Å². The quantitative estimate of drug-likeness (QED) is 0.476. The molecule has 110 valence electrons. The molecule has 0 fully saturated rings. The van der Waals surface area contributed by atoms with Crippen molar-refractivity contribution in [1.82, 2.24) is 0 Å². The van der Waals surface area contributed by atoms with Crippen LogP contribution in [0.5, 0.6) is 5.75 Å². The van der Waals surface area contributed by atoms with E-state index >= 15 is 0 Å². The zero-order valence-electron chi connectivity index (χ0n) is 10.2. The first kappa shape index (κ1) is 16.3. The predicted octanol–water partition coefficient (Wildman–Crippen LogP) is 3.29. The smallest absolute Gasteiger partial charge is 0.429 e. The zero-order chi connectivity index (χ0) is 15.3. The van der Waals surface area contributed by atoms with Crippen LogP contribution in [0.25, 0.3) is 0 Å². The number of alkyl halides is 4. The van der Waals surface area contributed by atoms with Crippen molar-refractivity contribution in [3.05, 3.63) is 29.8 Å². The Kier molecular flexibility index (Phi) is 5.38. The third-order valence-electron chi connectivity index (χ3n) is 2.09. The normalized spacial score (nSPS) is 12.7. The minimum atomic E-state index is -4.19. The van der Waals surface area contributed by atoms with Gasteiger partial charge in [0, 0.05) is 6.42 Å². The van der Waals surface area contributed by atoms with E-state index < -0.39 is 29.4 Å². The van der Waals surface area contributed by atoms with E-state index in [2.05, 4.69) is 21.1 Å². The van der Waals surface area contributed by atoms with Gasteiger partial charge < -0.3 is 9.47 Å². The monoisotopic (exact) mass is 310 g/mol. The van der Waals surface area contributed by atoms with E-state index in [9.17, 15) is 22.8 Å². The van der Waals surface area contributed by atoms with Crippen molar-refractivity contribution >= 4 is 23.5 Å². The predicted molar refractivity (Wildman–Crippen MR) is 63.5 cm³/mol. The topological polar surface area (TPSA) is 52.6 Å². The van der Waals surface area contributed by atoms with Gasteiger partial charge in [0.05, 0.1) is 5.56 Å². The minimum Gasteiger partial charge on any atom is -0.429 e. The maximum atomic E-state index is 12.8. The highest BCUT2D eigenvalue weighted by Gasteiger charge is 2.42. The summed E-state index contributed by atoms with van der Waals surface area (Å²) in [7, 11) is 0. The molecular weight excluding hydrogens is 301 g/mol. The number of ether oxygens (including phenoxy) is 2. The molecule has 0 aliphatic rings.